The van der Waals surface area contributed by atoms with Gasteiger partial charge in [-0.1, -0.05) is 54.1 Å². The number of nitrogens with zero attached hydrogens (tertiary/aromatic N) is 1. The number of hydrogen-bond donors (Lipinski definition) is 1. The summed E-state index contributed by atoms with van der Waals surface area (Å²) in [6.07, 6.45) is -4.54. The summed E-state index contributed by atoms with van der Waals surface area (Å²) in [5, 5.41) is 2.77. The third kappa shape index (κ3) is 4.75. The molecule has 0 aliphatic carbocycles. The topological polar surface area (TPSA) is 51.1 Å². The zero-order valence-electron chi connectivity index (χ0n) is 19.4. The van der Waals surface area contributed by atoms with Crippen molar-refractivity contribution in [3.05, 3.63) is 118 Å². The van der Waals surface area contributed by atoms with E-state index in [1.54, 1.807) is 56.3 Å². The molecule has 0 spiro atoms. The van der Waals surface area contributed by atoms with Crippen molar-refractivity contribution in [1.29, 1.82) is 0 Å². The highest BCUT2D eigenvalue weighted by molar-refractivity contribution is 6.15. The number of halogens is 3. The van der Waals surface area contributed by atoms with E-state index in [4.69, 9.17) is 0 Å². The second-order valence-electron chi connectivity index (χ2n) is 8.33. The fraction of sp³-hybridized carbons (Fsp3) is 0.143. The SMILES string of the molecule is Cc1ccc(C(=O)c2ccccc2NC(=O)c2cc(C)n(-c3ccccc3C(F)(F)F)c2C)cc1. The number of rotatable bonds is 5. The van der Waals surface area contributed by atoms with Crippen LogP contribution in [0.2, 0.25) is 0 Å². The van der Waals surface area contributed by atoms with Crippen molar-refractivity contribution in [3.8, 4) is 5.69 Å². The number of carbonyl (C=O) groups is 2. The predicted octanol–water partition coefficient (Wildman–Crippen LogP) is 6.90. The maximum Gasteiger partial charge on any atom is 0.418 e. The molecule has 1 aromatic heterocycles. The van der Waals surface area contributed by atoms with Crippen molar-refractivity contribution in [2.45, 2.75) is 26.9 Å². The van der Waals surface area contributed by atoms with Crippen molar-refractivity contribution in [2.75, 3.05) is 5.32 Å². The number of carbonyl (C=O) groups excluding carboxylic acids is 2. The van der Waals surface area contributed by atoms with Crippen LogP contribution >= 0.6 is 0 Å². The Morgan fingerprint density at radius 3 is 2.11 bits per heavy atom. The Labute approximate surface area is 201 Å². The summed E-state index contributed by atoms with van der Waals surface area (Å²) in [7, 11) is 0. The van der Waals surface area contributed by atoms with E-state index in [2.05, 4.69) is 5.32 Å². The lowest BCUT2D eigenvalue weighted by Gasteiger charge is -2.17. The fourth-order valence-electron chi connectivity index (χ4n) is 4.11. The molecule has 0 saturated carbocycles. The fourth-order valence-corrected chi connectivity index (χ4v) is 4.11. The summed E-state index contributed by atoms with van der Waals surface area (Å²) in [4.78, 5) is 26.3. The first-order valence-electron chi connectivity index (χ1n) is 10.9. The van der Waals surface area contributed by atoms with Crippen LogP contribution in [0.25, 0.3) is 5.69 Å². The minimum atomic E-state index is -4.54. The van der Waals surface area contributed by atoms with Crippen LogP contribution in [0.1, 0.15) is 48.8 Å². The number of aryl methyl sites for hydroxylation is 2. The molecule has 0 atom stereocenters. The van der Waals surface area contributed by atoms with Gasteiger partial charge in [-0.05, 0) is 51.1 Å². The van der Waals surface area contributed by atoms with Gasteiger partial charge in [-0.3, -0.25) is 9.59 Å². The first-order valence-corrected chi connectivity index (χ1v) is 10.9. The Balaban J connectivity index is 1.69. The van der Waals surface area contributed by atoms with Crippen LogP contribution in [0.5, 0.6) is 0 Å². The van der Waals surface area contributed by atoms with E-state index in [0.29, 0.717) is 28.2 Å². The summed E-state index contributed by atoms with van der Waals surface area (Å²) < 4.78 is 42.2. The average molecular weight is 476 g/mol. The Hall–Kier alpha value is -4.13. The van der Waals surface area contributed by atoms with Gasteiger partial charge in [0.2, 0.25) is 0 Å². The molecule has 0 radical (unpaired) electrons. The van der Waals surface area contributed by atoms with Crippen molar-refractivity contribution < 1.29 is 22.8 Å². The third-order valence-corrected chi connectivity index (χ3v) is 5.86. The lowest BCUT2D eigenvalue weighted by Crippen LogP contribution is -2.16. The van der Waals surface area contributed by atoms with Gasteiger partial charge in [0.25, 0.3) is 5.91 Å². The molecule has 35 heavy (non-hydrogen) atoms. The minimum Gasteiger partial charge on any atom is -0.321 e. The molecule has 0 bridgehead atoms. The molecular weight excluding hydrogens is 453 g/mol. The molecule has 0 fully saturated rings. The van der Waals surface area contributed by atoms with E-state index in [-0.39, 0.29) is 17.0 Å². The van der Waals surface area contributed by atoms with E-state index in [1.165, 1.54) is 22.8 Å². The second kappa shape index (κ2) is 9.25. The second-order valence-corrected chi connectivity index (χ2v) is 8.33. The van der Waals surface area contributed by atoms with Crippen LogP contribution in [0.15, 0.2) is 78.9 Å². The maximum absolute atomic E-state index is 13.6. The van der Waals surface area contributed by atoms with Crippen LogP contribution in [0.3, 0.4) is 0 Å². The zero-order valence-corrected chi connectivity index (χ0v) is 19.4. The molecule has 0 aliphatic rings. The smallest absolute Gasteiger partial charge is 0.321 e. The van der Waals surface area contributed by atoms with Gasteiger partial charge in [-0.25, -0.2) is 0 Å². The molecule has 7 heteroatoms. The van der Waals surface area contributed by atoms with E-state index in [9.17, 15) is 22.8 Å². The van der Waals surface area contributed by atoms with Crippen LogP contribution in [0.4, 0.5) is 18.9 Å². The molecule has 0 unspecified atom stereocenters. The van der Waals surface area contributed by atoms with Gasteiger partial charge in [-0.2, -0.15) is 13.2 Å². The number of alkyl halides is 3. The van der Waals surface area contributed by atoms with Crippen LogP contribution in [0, 0.1) is 20.8 Å². The number of ketones is 1. The lowest BCUT2D eigenvalue weighted by atomic mass is 10.0. The normalized spacial score (nSPS) is 11.4. The van der Waals surface area contributed by atoms with E-state index in [0.717, 1.165) is 11.6 Å². The van der Waals surface area contributed by atoms with Gasteiger partial charge in [0.15, 0.2) is 5.78 Å². The van der Waals surface area contributed by atoms with Crippen LogP contribution in [-0.4, -0.2) is 16.3 Å². The van der Waals surface area contributed by atoms with Gasteiger partial charge in [0.05, 0.1) is 22.5 Å². The number of para-hydroxylation sites is 2. The number of aromatic nitrogens is 1. The Kier molecular flexibility index (Phi) is 6.35. The molecule has 4 nitrogen and oxygen atoms in total. The third-order valence-electron chi connectivity index (χ3n) is 5.86. The summed E-state index contributed by atoms with van der Waals surface area (Å²) in [6.45, 7) is 5.16. The Morgan fingerprint density at radius 2 is 1.43 bits per heavy atom. The molecular formula is C28H23F3N2O2. The van der Waals surface area contributed by atoms with Crippen LogP contribution < -0.4 is 5.32 Å². The highest BCUT2D eigenvalue weighted by atomic mass is 19.4. The molecule has 4 aromatic rings. The Bertz CT molecular complexity index is 1420. The van der Waals surface area contributed by atoms with E-state index < -0.39 is 17.6 Å². The van der Waals surface area contributed by atoms with Crippen LogP contribution in [-0.2, 0) is 6.18 Å². The zero-order chi connectivity index (χ0) is 25.3. The quantitative estimate of drug-likeness (QED) is 0.319. The number of hydrogen-bond acceptors (Lipinski definition) is 2. The van der Waals surface area contributed by atoms with Crippen molar-refractivity contribution >= 4 is 17.4 Å². The molecule has 0 saturated heterocycles. The highest BCUT2D eigenvalue weighted by Gasteiger charge is 2.34. The summed E-state index contributed by atoms with van der Waals surface area (Å²) in [5.74, 6) is -0.761. The maximum atomic E-state index is 13.6. The molecule has 3 aromatic carbocycles. The lowest BCUT2D eigenvalue weighted by molar-refractivity contribution is -0.137. The standard InChI is InChI=1S/C28H23F3N2O2/c1-17-12-14-20(15-13-17)26(34)21-8-4-6-10-24(21)32-27(35)22-16-18(2)33(19(22)3)25-11-7-5-9-23(25)28(29,30)31/h4-16H,1-3H3,(H,32,35). The number of anilines is 1. The van der Waals surface area contributed by atoms with Crippen molar-refractivity contribution in [3.63, 3.8) is 0 Å². The van der Waals surface area contributed by atoms with E-state index >= 15 is 0 Å². The minimum absolute atomic E-state index is 0.0519. The molecule has 178 valence electrons. The number of benzene rings is 3. The molecule has 1 amide bonds. The molecule has 0 aliphatic heterocycles. The molecule has 1 heterocycles. The number of amides is 1. The first-order chi connectivity index (χ1) is 16.6. The molecule has 4 rings (SSSR count). The average Bonchev–Trinajstić information content (AvgIpc) is 3.12. The van der Waals surface area contributed by atoms with Gasteiger partial charge in [-0.15, -0.1) is 0 Å². The number of nitrogens with one attached hydrogen (secondary N) is 1. The molecule has 1 N–H and O–H groups in total. The first kappa shape index (κ1) is 24.0. The summed E-state index contributed by atoms with van der Waals surface area (Å²) in [5.41, 5.74) is 2.37. The van der Waals surface area contributed by atoms with Crippen molar-refractivity contribution in [2.24, 2.45) is 0 Å². The Morgan fingerprint density at radius 1 is 0.800 bits per heavy atom. The summed E-state index contributed by atoms with van der Waals surface area (Å²) in [6, 6.07) is 20.6. The van der Waals surface area contributed by atoms with E-state index in [1.807, 2.05) is 19.1 Å². The summed E-state index contributed by atoms with van der Waals surface area (Å²) >= 11 is 0. The van der Waals surface area contributed by atoms with Gasteiger partial charge in [0, 0.05) is 22.5 Å². The predicted molar refractivity (Wildman–Crippen MR) is 129 cm³/mol. The van der Waals surface area contributed by atoms with Gasteiger partial charge >= 0.3 is 6.18 Å². The van der Waals surface area contributed by atoms with Crippen molar-refractivity contribution in [1.82, 2.24) is 4.57 Å². The van der Waals surface area contributed by atoms with Gasteiger partial charge in [0.1, 0.15) is 0 Å². The largest absolute Gasteiger partial charge is 0.418 e. The van der Waals surface area contributed by atoms with Gasteiger partial charge < -0.3 is 9.88 Å². The monoisotopic (exact) mass is 476 g/mol. The highest BCUT2D eigenvalue weighted by Crippen LogP contribution is 2.35.